The molecule has 20 heavy (non-hydrogen) atoms. The van der Waals surface area contributed by atoms with Crippen molar-refractivity contribution in [2.45, 2.75) is 20.3 Å². The Kier molecular flexibility index (Phi) is 4.04. The number of anilines is 1. The predicted molar refractivity (Wildman–Crippen MR) is 80.1 cm³/mol. The summed E-state index contributed by atoms with van der Waals surface area (Å²) in [5.41, 5.74) is 0.752. The Labute approximate surface area is 126 Å². The molecule has 0 atom stereocenters. The fourth-order valence-corrected chi connectivity index (χ4v) is 2.58. The quantitative estimate of drug-likeness (QED) is 0.866. The van der Waals surface area contributed by atoms with Crippen LogP contribution in [0.15, 0.2) is 22.7 Å². The molecule has 1 saturated heterocycles. The number of urea groups is 1. The minimum Gasteiger partial charge on any atom is -0.478 e. The molecule has 0 aromatic heterocycles. The summed E-state index contributed by atoms with van der Waals surface area (Å²) in [5.74, 6) is -1.02. The van der Waals surface area contributed by atoms with Crippen LogP contribution in [-0.4, -0.2) is 35.1 Å². The summed E-state index contributed by atoms with van der Waals surface area (Å²) in [7, 11) is 0. The van der Waals surface area contributed by atoms with Crippen LogP contribution in [0.1, 0.15) is 30.6 Å². The van der Waals surface area contributed by atoms with E-state index in [0.717, 1.165) is 13.0 Å². The summed E-state index contributed by atoms with van der Waals surface area (Å²) in [5, 5.41) is 11.7. The first-order valence-electron chi connectivity index (χ1n) is 6.37. The standard InChI is InChI=1S/C14H17BrN2O3/c1-14(2)5-6-17(8-14)13(20)16-11-7-9(12(18)19)3-4-10(11)15/h3-4,7H,5-6,8H2,1-2H3,(H,16,20)(H,18,19). The van der Waals surface area contributed by atoms with Crippen LogP contribution >= 0.6 is 15.9 Å². The summed E-state index contributed by atoms with van der Waals surface area (Å²) < 4.78 is 0.661. The number of nitrogens with one attached hydrogen (secondary N) is 1. The van der Waals surface area contributed by atoms with Gasteiger partial charge in [0.25, 0.3) is 0 Å². The number of halogens is 1. The van der Waals surface area contributed by atoms with Gasteiger partial charge in [-0.15, -0.1) is 0 Å². The Morgan fingerprint density at radius 1 is 1.40 bits per heavy atom. The van der Waals surface area contributed by atoms with Crippen molar-refractivity contribution in [2.24, 2.45) is 5.41 Å². The molecule has 1 heterocycles. The minimum absolute atomic E-state index is 0.136. The molecule has 2 rings (SSSR count). The molecular formula is C14H17BrN2O3. The van der Waals surface area contributed by atoms with Gasteiger partial charge in [-0.1, -0.05) is 13.8 Å². The molecule has 0 saturated carbocycles. The maximum Gasteiger partial charge on any atom is 0.335 e. The van der Waals surface area contributed by atoms with Crippen LogP contribution < -0.4 is 5.32 Å². The van der Waals surface area contributed by atoms with Crippen LogP contribution in [0.4, 0.5) is 10.5 Å². The third-order valence-electron chi connectivity index (χ3n) is 3.42. The van der Waals surface area contributed by atoms with Crippen LogP contribution in [0.5, 0.6) is 0 Å². The molecule has 5 nitrogen and oxygen atoms in total. The molecule has 0 unspecified atom stereocenters. The van der Waals surface area contributed by atoms with E-state index in [0.29, 0.717) is 16.7 Å². The van der Waals surface area contributed by atoms with E-state index < -0.39 is 5.97 Å². The smallest absolute Gasteiger partial charge is 0.335 e. The van der Waals surface area contributed by atoms with Crippen LogP contribution in [0.2, 0.25) is 0 Å². The number of hydrogen-bond acceptors (Lipinski definition) is 2. The van der Waals surface area contributed by atoms with Gasteiger partial charge in [0.05, 0.1) is 11.3 Å². The lowest BCUT2D eigenvalue weighted by Gasteiger charge is -2.20. The number of amides is 2. The van der Waals surface area contributed by atoms with E-state index >= 15 is 0 Å². The van der Waals surface area contributed by atoms with Gasteiger partial charge in [0.15, 0.2) is 0 Å². The Balaban J connectivity index is 2.12. The van der Waals surface area contributed by atoms with Crippen molar-refractivity contribution in [3.8, 4) is 0 Å². The second-order valence-electron chi connectivity index (χ2n) is 5.77. The van der Waals surface area contributed by atoms with Gasteiger partial charge in [-0.25, -0.2) is 9.59 Å². The third kappa shape index (κ3) is 3.30. The molecule has 0 aliphatic carbocycles. The zero-order valence-electron chi connectivity index (χ0n) is 11.4. The van der Waals surface area contributed by atoms with Gasteiger partial charge < -0.3 is 15.3 Å². The van der Waals surface area contributed by atoms with Crippen LogP contribution in [-0.2, 0) is 0 Å². The third-order valence-corrected chi connectivity index (χ3v) is 4.11. The molecular weight excluding hydrogens is 324 g/mol. The lowest BCUT2D eigenvalue weighted by Crippen LogP contribution is -2.34. The first-order chi connectivity index (χ1) is 9.28. The maximum atomic E-state index is 12.2. The van der Waals surface area contributed by atoms with Crippen molar-refractivity contribution in [2.75, 3.05) is 18.4 Å². The molecule has 108 valence electrons. The lowest BCUT2D eigenvalue weighted by atomic mass is 9.93. The topological polar surface area (TPSA) is 69.6 Å². The molecule has 1 aliphatic heterocycles. The Morgan fingerprint density at radius 3 is 2.65 bits per heavy atom. The zero-order chi connectivity index (χ0) is 14.9. The predicted octanol–water partition coefficient (Wildman–Crippen LogP) is 3.41. The number of nitrogens with zero attached hydrogens (tertiary/aromatic N) is 1. The summed E-state index contributed by atoms with van der Waals surface area (Å²) in [4.78, 5) is 24.9. The van der Waals surface area contributed by atoms with Gasteiger partial charge in [-0.3, -0.25) is 0 Å². The molecule has 0 radical (unpaired) electrons. The van der Waals surface area contributed by atoms with Crippen LogP contribution in [0, 0.1) is 5.41 Å². The number of carboxylic acid groups (broad SMARTS) is 1. The molecule has 1 fully saturated rings. The number of hydrogen-bond donors (Lipinski definition) is 2. The second-order valence-corrected chi connectivity index (χ2v) is 6.62. The van der Waals surface area contributed by atoms with Crippen LogP contribution in [0.3, 0.4) is 0 Å². The number of rotatable bonds is 2. The Hall–Kier alpha value is -1.56. The fourth-order valence-electron chi connectivity index (χ4n) is 2.23. The van der Waals surface area contributed by atoms with Gasteiger partial charge in [0, 0.05) is 17.6 Å². The second kappa shape index (κ2) is 5.44. The monoisotopic (exact) mass is 340 g/mol. The van der Waals surface area contributed by atoms with E-state index in [1.807, 2.05) is 0 Å². The first kappa shape index (κ1) is 14.8. The highest BCUT2D eigenvalue weighted by atomic mass is 79.9. The number of carbonyl (C=O) groups excluding carboxylic acids is 1. The van der Waals surface area contributed by atoms with Crippen molar-refractivity contribution in [3.63, 3.8) is 0 Å². The average Bonchev–Trinajstić information content (AvgIpc) is 2.72. The number of carboxylic acids is 1. The van der Waals surface area contributed by atoms with Crippen molar-refractivity contribution < 1.29 is 14.7 Å². The van der Waals surface area contributed by atoms with Crippen molar-refractivity contribution in [3.05, 3.63) is 28.2 Å². The van der Waals surface area contributed by atoms with Gasteiger partial charge in [0.2, 0.25) is 0 Å². The molecule has 1 aromatic rings. The fraction of sp³-hybridized carbons (Fsp3) is 0.429. The zero-order valence-corrected chi connectivity index (χ0v) is 13.0. The number of carbonyl (C=O) groups is 2. The highest BCUT2D eigenvalue weighted by Gasteiger charge is 2.32. The number of aromatic carboxylic acids is 1. The van der Waals surface area contributed by atoms with Gasteiger partial charge in [-0.05, 0) is 46.0 Å². The molecule has 0 bridgehead atoms. The minimum atomic E-state index is -1.02. The van der Waals surface area contributed by atoms with Gasteiger partial charge >= 0.3 is 12.0 Å². The highest BCUT2D eigenvalue weighted by Crippen LogP contribution is 2.30. The number of benzene rings is 1. The van der Waals surface area contributed by atoms with E-state index in [1.165, 1.54) is 12.1 Å². The summed E-state index contributed by atoms with van der Waals surface area (Å²) in [6.45, 7) is 5.67. The van der Waals surface area contributed by atoms with Gasteiger partial charge in [-0.2, -0.15) is 0 Å². The van der Waals surface area contributed by atoms with Crippen LogP contribution in [0.25, 0.3) is 0 Å². The van der Waals surface area contributed by atoms with E-state index in [4.69, 9.17) is 5.11 Å². The van der Waals surface area contributed by atoms with Gasteiger partial charge in [0.1, 0.15) is 0 Å². The Morgan fingerprint density at radius 2 is 2.10 bits per heavy atom. The van der Waals surface area contributed by atoms with Crippen molar-refractivity contribution in [1.82, 2.24) is 4.90 Å². The summed E-state index contributed by atoms with van der Waals surface area (Å²) in [6, 6.07) is 4.36. The van der Waals surface area contributed by atoms with Crippen molar-refractivity contribution >= 4 is 33.6 Å². The first-order valence-corrected chi connectivity index (χ1v) is 7.17. The summed E-state index contributed by atoms with van der Waals surface area (Å²) in [6.07, 6.45) is 0.969. The molecule has 6 heteroatoms. The largest absolute Gasteiger partial charge is 0.478 e. The SMILES string of the molecule is CC1(C)CCN(C(=O)Nc2cc(C(=O)O)ccc2Br)C1. The molecule has 2 amide bonds. The lowest BCUT2D eigenvalue weighted by molar-refractivity contribution is 0.0697. The average molecular weight is 341 g/mol. The summed E-state index contributed by atoms with van der Waals surface area (Å²) >= 11 is 3.31. The molecule has 1 aromatic carbocycles. The molecule has 0 spiro atoms. The van der Waals surface area contributed by atoms with Crippen molar-refractivity contribution in [1.29, 1.82) is 0 Å². The van der Waals surface area contributed by atoms with E-state index in [1.54, 1.807) is 11.0 Å². The highest BCUT2D eigenvalue weighted by molar-refractivity contribution is 9.10. The molecule has 2 N–H and O–H groups in total. The number of likely N-dealkylation sites (tertiary alicyclic amines) is 1. The molecule has 1 aliphatic rings. The van der Waals surface area contributed by atoms with E-state index in [9.17, 15) is 9.59 Å². The Bertz CT molecular complexity index is 557. The maximum absolute atomic E-state index is 12.2. The normalized spacial score (nSPS) is 17.1. The van der Waals surface area contributed by atoms with E-state index in [2.05, 4.69) is 35.1 Å². The van der Waals surface area contributed by atoms with E-state index in [-0.39, 0.29) is 17.0 Å².